The minimum atomic E-state index is 0. The van der Waals surface area contributed by atoms with Gasteiger partial charge in [0.1, 0.15) is 0 Å². The second kappa shape index (κ2) is 6.53. The molecule has 0 saturated carbocycles. The van der Waals surface area contributed by atoms with Gasteiger partial charge in [0.25, 0.3) is 0 Å². The van der Waals surface area contributed by atoms with Crippen LogP contribution in [-0.4, -0.2) is 24.0 Å². The van der Waals surface area contributed by atoms with Gasteiger partial charge < -0.3 is 5.73 Å². The van der Waals surface area contributed by atoms with E-state index in [4.69, 9.17) is 5.73 Å². The third-order valence-corrected chi connectivity index (χ3v) is 5.02. The Morgan fingerprint density at radius 2 is 2.00 bits per heavy atom. The van der Waals surface area contributed by atoms with Crippen molar-refractivity contribution in [1.82, 2.24) is 4.90 Å². The van der Waals surface area contributed by atoms with Crippen molar-refractivity contribution < 1.29 is 0 Å². The molecule has 0 radical (unpaired) electrons. The van der Waals surface area contributed by atoms with Crippen LogP contribution < -0.4 is 5.73 Å². The molecule has 2 unspecified atom stereocenters. The van der Waals surface area contributed by atoms with Crippen LogP contribution in [0.25, 0.3) is 0 Å². The van der Waals surface area contributed by atoms with E-state index in [1.807, 2.05) is 0 Å². The molecular weight excluding hydrogens is 367 g/mol. The topological polar surface area (TPSA) is 29.3 Å². The molecule has 0 amide bonds. The van der Waals surface area contributed by atoms with Crippen molar-refractivity contribution in [1.29, 1.82) is 0 Å². The highest BCUT2D eigenvalue weighted by Crippen LogP contribution is 2.25. The molecule has 96 valence electrons. The van der Waals surface area contributed by atoms with Crippen molar-refractivity contribution in [3.63, 3.8) is 0 Å². The second-order valence-electron chi connectivity index (χ2n) is 4.58. The quantitative estimate of drug-likeness (QED) is 0.847. The van der Waals surface area contributed by atoms with Crippen molar-refractivity contribution in [3.8, 4) is 0 Å². The highest BCUT2D eigenvalue weighted by Gasteiger charge is 2.26. The molecule has 5 heteroatoms. The van der Waals surface area contributed by atoms with E-state index in [2.05, 4.69) is 61.9 Å². The summed E-state index contributed by atoms with van der Waals surface area (Å²) in [6.45, 7) is 5.33. The fourth-order valence-electron chi connectivity index (χ4n) is 2.12. The first kappa shape index (κ1) is 15.4. The Labute approximate surface area is 126 Å². The minimum absolute atomic E-state index is 0. The van der Waals surface area contributed by atoms with Crippen molar-refractivity contribution >= 4 is 44.3 Å². The number of benzene rings is 1. The first-order valence-electron chi connectivity index (χ1n) is 5.48. The van der Waals surface area contributed by atoms with Gasteiger partial charge in [-0.05, 0) is 55.5 Å². The first-order valence-corrected chi connectivity index (χ1v) is 7.06. The van der Waals surface area contributed by atoms with Gasteiger partial charge in [-0.1, -0.05) is 13.0 Å². The number of hydrogen-bond donors (Lipinski definition) is 1. The van der Waals surface area contributed by atoms with E-state index in [1.54, 1.807) is 0 Å². The first-order chi connectivity index (χ1) is 7.56. The summed E-state index contributed by atoms with van der Waals surface area (Å²) in [6, 6.07) is 6.74. The molecular formula is C12H17Br2ClN2. The molecule has 2 N–H and O–H groups in total. The third-order valence-electron chi connectivity index (χ3n) is 3.14. The summed E-state index contributed by atoms with van der Waals surface area (Å²) < 4.78 is 2.21. The third kappa shape index (κ3) is 3.93. The van der Waals surface area contributed by atoms with Crippen LogP contribution in [0.4, 0.5) is 0 Å². The fourth-order valence-corrected chi connectivity index (χ4v) is 2.79. The summed E-state index contributed by atoms with van der Waals surface area (Å²) in [5, 5.41) is 0. The Kier molecular flexibility index (Phi) is 5.93. The van der Waals surface area contributed by atoms with Gasteiger partial charge in [-0.2, -0.15) is 0 Å². The summed E-state index contributed by atoms with van der Waals surface area (Å²) in [4.78, 5) is 2.42. The lowest BCUT2D eigenvalue weighted by Gasteiger charge is -2.15. The zero-order chi connectivity index (χ0) is 11.7. The van der Waals surface area contributed by atoms with Gasteiger partial charge >= 0.3 is 0 Å². The molecule has 0 spiro atoms. The number of likely N-dealkylation sites (tertiary alicyclic amines) is 1. The maximum absolute atomic E-state index is 6.02. The van der Waals surface area contributed by atoms with Crippen LogP contribution in [0.1, 0.15) is 12.5 Å². The van der Waals surface area contributed by atoms with Gasteiger partial charge in [0, 0.05) is 34.6 Å². The molecule has 2 rings (SSSR count). The predicted molar refractivity (Wildman–Crippen MR) is 81.5 cm³/mol. The van der Waals surface area contributed by atoms with Gasteiger partial charge in [0.2, 0.25) is 0 Å². The summed E-state index contributed by atoms with van der Waals surface area (Å²) in [6.07, 6.45) is 0. The normalized spacial score (nSPS) is 24.7. The van der Waals surface area contributed by atoms with Crippen LogP contribution in [0.2, 0.25) is 0 Å². The number of rotatable bonds is 2. The second-order valence-corrected chi connectivity index (χ2v) is 6.29. The maximum Gasteiger partial charge on any atom is 0.0320 e. The molecule has 1 aliphatic rings. The van der Waals surface area contributed by atoms with Crippen LogP contribution in [-0.2, 0) is 6.54 Å². The van der Waals surface area contributed by atoms with E-state index in [0.717, 1.165) is 28.6 Å². The monoisotopic (exact) mass is 382 g/mol. The number of nitrogens with two attached hydrogens (primary N) is 1. The van der Waals surface area contributed by atoms with E-state index in [0.29, 0.717) is 12.0 Å². The van der Waals surface area contributed by atoms with Crippen LogP contribution in [0.3, 0.4) is 0 Å². The van der Waals surface area contributed by atoms with Crippen molar-refractivity contribution in [2.75, 3.05) is 13.1 Å². The lowest BCUT2D eigenvalue weighted by molar-refractivity contribution is 0.319. The van der Waals surface area contributed by atoms with Crippen LogP contribution in [0.15, 0.2) is 27.1 Å². The van der Waals surface area contributed by atoms with E-state index in [9.17, 15) is 0 Å². The summed E-state index contributed by atoms with van der Waals surface area (Å²) in [5.41, 5.74) is 7.35. The standard InChI is InChI=1S/C12H16Br2N2.ClH/c1-8-5-16(7-12(8)15)6-9-2-3-10(13)11(14)4-9;/h2-4,8,12H,5-7,15H2,1H3;1H. The zero-order valence-corrected chi connectivity index (χ0v) is 13.7. The molecule has 2 atom stereocenters. The average molecular weight is 385 g/mol. The Morgan fingerprint density at radius 1 is 1.29 bits per heavy atom. The van der Waals surface area contributed by atoms with Gasteiger partial charge in [-0.25, -0.2) is 0 Å². The Bertz CT molecular complexity index is 377. The van der Waals surface area contributed by atoms with Crippen molar-refractivity contribution in [2.24, 2.45) is 11.7 Å². The summed E-state index contributed by atoms with van der Waals surface area (Å²) in [5.74, 6) is 0.610. The molecule has 1 saturated heterocycles. The number of halogens is 3. The lowest BCUT2D eigenvalue weighted by atomic mass is 10.1. The van der Waals surface area contributed by atoms with Crippen LogP contribution >= 0.6 is 44.3 Å². The highest BCUT2D eigenvalue weighted by atomic mass is 79.9. The molecule has 1 heterocycles. The largest absolute Gasteiger partial charge is 0.326 e. The van der Waals surface area contributed by atoms with E-state index in [-0.39, 0.29) is 12.4 Å². The van der Waals surface area contributed by atoms with Crippen molar-refractivity contribution in [3.05, 3.63) is 32.7 Å². The Morgan fingerprint density at radius 3 is 2.53 bits per heavy atom. The molecule has 0 bridgehead atoms. The smallest absolute Gasteiger partial charge is 0.0320 e. The van der Waals surface area contributed by atoms with Gasteiger partial charge in [-0.3, -0.25) is 4.90 Å². The van der Waals surface area contributed by atoms with Gasteiger partial charge in [-0.15, -0.1) is 12.4 Å². The molecule has 1 aromatic rings. The lowest BCUT2D eigenvalue weighted by Crippen LogP contribution is -2.28. The molecule has 1 aliphatic heterocycles. The Balaban J connectivity index is 0.00000144. The molecule has 1 fully saturated rings. The van der Waals surface area contributed by atoms with Crippen LogP contribution in [0, 0.1) is 5.92 Å². The maximum atomic E-state index is 6.02. The molecule has 0 aromatic heterocycles. The van der Waals surface area contributed by atoms with Gasteiger partial charge in [0.05, 0.1) is 0 Å². The summed E-state index contributed by atoms with van der Waals surface area (Å²) >= 11 is 7.01. The minimum Gasteiger partial charge on any atom is -0.326 e. The summed E-state index contributed by atoms with van der Waals surface area (Å²) in [7, 11) is 0. The molecule has 0 aliphatic carbocycles. The van der Waals surface area contributed by atoms with E-state index in [1.165, 1.54) is 5.56 Å². The average Bonchev–Trinajstić information content (AvgIpc) is 2.52. The Hall–Kier alpha value is 0.390. The SMILES string of the molecule is CC1CN(Cc2ccc(Br)c(Br)c2)CC1N.Cl. The molecule has 1 aromatic carbocycles. The zero-order valence-electron chi connectivity index (χ0n) is 9.70. The highest BCUT2D eigenvalue weighted by molar-refractivity contribution is 9.13. The van der Waals surface area contributed by atoms with Crippen LogP contribution in [0.5, 0.6) is 0 Å². The fraction of sp³-hybridized carbons (Fsp3) is 0.500. The number of nitrogens with zero attached hydrogens (tertiary/aromatic N) is 1. The predicted octanol–water partition coefficient (Wildman–Crippen LogP) is 3.41. The van der Waals surface area contributed by atoms with E-state index < -0.39 is 0 Å². The number of hydrogen-bond acceptors (Lipinski definition) is 2. The molecule has 2 nitrogen and oxygen atoms in total. The molecule has 17 heavy (non-hydrogen) atoms. The van der Waals surface area contributed by atoms with Gasteiger partial charge in [0.15, 0.2) is 0 Å². The van der Waals surface area contributed by atoms with Crippen molar-refractivity contribution in [2.45, 2.75) is 19.5 Å². The van der Waals surface area contributed by atoms with E-state index >= 15 is 0 Å².